The summed E-state index contributed by atoms with van der Waals surface area (Å²) in [6, 6.07) is 3.18. The van der Waals surface area contributed by atoms with Gasteiger partial charge in [-0.25, -0.2) is 0 Å². The fraction of sp³-hybridized carbons (Fsp3) is 0.462. The van der Waals surface area contributed by atoms with Gasteiger partial charge in [0.05, 0.1) is 26.9 Å². The summed E-state index contributed by atoms with van der Waals surface area (Å²) in [7, 11) is 4.49. The Balaban J connectivity index is 2.82. The lowest BCUT2D eigenvalue weighted by molar-refractivity contribution is 0.0609. The molecule has 0 heterocycles. The zero-order chi connectivity index (χ0) is 15.1. The average molecular weight is 348 g/mol. The molecule has 1 atom stereocenters. The maximum absolute atomic E-state index is 12.0. The van der Waals surface area contributed by atoms with Gasteiger partial charge < -0.3 is 24.6 Å². The Bertz CT molecular complexity index is 441. The van der Waals surface area contributed by atoms with Gasteiger partial charge in [-0.05, 0) is 28.1 Å². The number of aliphatic hydroxyl groups is 1. The highest BCUT2D eigenvalue weighted by atomic mass is 79.9. The monoisotopic (exact) mass is 347 g/mol. The van der Waals surface area contributed by atoms with Gasteiger partial charge in [-0.2, -0.15) is 0 Å². The summed E-state index contributed by atoms with van der Waals surface area (Å²) in [5, 5.41) is 12.1. The second-order valence-corrected chi connectivity index (χ2v) is 4.81. The minimum Gasteiger partial charge on any atom is -0.495 e. The Morgan fingerprint density at radius 3 is 2.30 bits per heavy atom. The van der Waals surface area contributed by atoms with E-state index < -0.39 is 6.10 Å². The minimum atomic E-state index is -0.747. The summed E-state index contributed by atoms with van der Waals surface area (Å²) < 4.78 is 15.8. The molecule has 112 valence electrons. The van der Waals surface area contributed by atoms with Crippen LogP contribution in [0.4, 0.5) is 0 Å². The molecule has 6 nitrogen and oxygen atoms in total. The van der Waals surface area contributed by atoms with Crippen molar-refractivity contribution in [3.63, 3.8) is 0 Å². The summed E-state index contributed by atoms with van der Waals surface area (Å²) in [6.07, 6.45) is -0.747. The average Bonchev–Trinajstić information content (AvgIpc) is 2.45. The Morgan fingerprint density at radius 2 is 1.85 bits per heavy atom. The van der Waals surface area contributed by atoms with Gasteiger partial charge >= 0.3 is 0 Å². The molecule has 0 radical (unpaired) electrons. The predicted octanol–water partition coefficient (Wildman–Crippen LogP) is 1.20. The maximum Gasteiger partial charge on any atom is 0.251 e. The number of hydrogen-bond acceptors (Lipinski definition) is 5. The number of carbonyl (C=O) groups is 1. The molecule has 1 aromatic rings. The zero-order valence-corrected chi connectivity index (χ0v) is 13.2. The second kappa shape index (κ2) is 8.08. The lowest BCUT2D eigenvalue weighted by Crippen LogP contribution is -2.34. The number of nitrogens with one attached hydrogen (secondary N) is 1. The fourth-order valence-corrected chi connectivity index (χ4v) is 2.12. The van der Waals surface area contributed by atoms with Crippen LogP contribution >= 0.6 is 15.9 Å². The molecule has 1 amide bonds. The van der Waals surface area contributed by atoms with Gasteiger partial charge in [-0.1, -0.05) is 0 Å². The SMILES string of the molecule is COCC(O)CNC(=O)c1cc(OC)c(Br)c(OC)c1. The highest BCUT2D eigenvalue weighted by Gasteiger charge is 2.15. The molecule has 1 aromatic carbocycles. The van der Waals surface area contributed by atoms with Crippen molar-refractivity contribution >= 4 is 21.8 Å². The molecule has 0 spiro atoms. The lowest BCUT2D eigenvalue weighted by atomic mass is 10.2. The van der Waals surface area contributed by atoms with Gasteiger partial charge in [0.25, 0.3) is 5.91 Å². The van der Waals surface area contributed by atoms with Crippen LogP contribution in [0.1, 0.15) is 10.4 Å². The summed E-state index contributed by atoms with van der Waals surface area (Å²) in [6.45, 7) is 0.265. The van der Waals surface area contributed by atoms with E-state index >= 15 is 0 Å². The summed E-state index contributed by atoms with van der Waals surface area (Å²) >= 11 is 3.33. The molecule has 0 saturated carbocycles. The number of hydrogen-bond donors (Lipinski definition) is 2. The van der Waals surface area contributed by atoms with Crippen molar-refractivity contribution in [2.75, 3.05) is 34.5 Å². The van der Waals surface area contributed by atoms with E-state index in [2.05, 4.69) is 21.2 Å². The van der Waals surface area contributed by atoms with E-state index in [9.17, 15) is 9.90 Å². The third kappa shape index (κ3) is 4.36. The van der Waals surface area contributed by atoms with Crippen LogP contribution in [0.3, 0.4) is 0 Å². The minimum absolute atomic E-state index is 0.105. The summed E-state index contributed by atoms with van der Waals surface area (Å²) in [5.41, 5.74) is 0.381. The molecule has 7 heteroatoms. The molecule has 0 saturated heterocycles. The Hall–Kier alpha value is -1.31. The maximum atomic E-state index is 12.0. The van der Waals surface area contributed by atoms with Crippen molar-refractivity contribution in [2.45, 2.75) is 6.10 Å². The van der Waals surface area contributed by atoms with Crippen molar-refractivity contribution in [1.82, 2.24) is 5.32 Å². The number of rotatable bonds is 7. The van der Waals surface area contributed by atoms with Crippen LogP contribution in [-0.2, 0) is 4.74 Å². The van der Waals surface area contributed by atoms with Gasteiger partial charge in [0.1, 0.15) is 16.0 Å². The van der Waals surface area contributed by atoms with E-state index in [0.717, 1.165) is 0 Å². The molecule has 0 aliphatic rings. The van der Waals surface area contributed by atoms with E-state index in [-0.39, 0.29) is 19.1 Å². The molecule has 0 bridgehead atoms. The second-order valence-electron chi connectivity index (χ2n) is 4.01. The third-order valence-corrected chi connectivity index (χ3v) is 3.35. The van der Waals surface area contributed by atoms with Gasteiger partial charge in [-0.15, -0.1) is 0 Å². The normalized spacial score (nSPS) is 11.8. The fourth-order valence-electron chi connectivity index (χ4n) is 1.56. The van der Waals surface area contributed by atoms with Gasteiger partial charge in [-0.3, -0.25) is 4.79 Å². The first-order valence-corrected chi connectivity index (χ1v) is 6.69. The van der Waals surface area contributed by atoms with Crippen LogP contribution in [0, 0.1) is 0 Å². The van der Waals surface area contributed by atoms with Crippen LogP contribution < -0.4 is 14.8 Å². The van der Waals surface area contributed by atoms with E-state index in [1.807, 2.05) is 0 Å². The zero-order valence-electron chi connectivity index (χ0n) is 11.6. The van der Waals surface area contributed by atoms with Crippen LogP contribution in [-0.4, -0.2) is 51.6 Å². The van der Waals surface area contributed by atoms with Crippen LogP contribution in [0.15, 0.2) is 16.6 Å². The first-order valence-electron chi connectivity index (χ1n) is 5.90. The van der Waals surface area contributed by atoms with Crippen LogP contribution in [0.2, 0.25) is 0 Å². The lowest BCUT2D eigenvalue weighted by Gasteiger charge is -2.13. The molecule has 0 aliphatic heterocycles. The third-order valence-electron chi connectivity index (χ3n) is 2.57. The van der Waals surface area contributed by atoms with Gasteiger partial charge in [0.2, 0.25) is 0 Å². The highest BCUT2D eigenvalue weighted by molar-refractivity contribution is 9.10. The topological polar surface area (TPSA) is 77.0 Å². The first kappa shape index (κ1) is 16.7. The van der Waals surface area contributed by atoms with Crippen LogP contribution in [0.5, 0.6) is 11.5 Å². The first-order chi connectivity index (χ1) is 9.53. The van der Waals surface area contributed by atoms with Crippen molar-refractivity contribution in [2.24, 2.45) is 0 Å². The molecular weight excluding hydrogens is 330 g/mol. The number of halogens is 1. The van der Waals surface area contributed by atoms with Crippen molar-refractivity contribution in [3.05, 3.63) is 22.2 Å². The summed E-state index contributed by atoms with van der Waals surface area (Å²) in [5.74, 6) is 0.656. The van der Waals surface area contributed by atoms with E-state index in [0.29, 0.717) is 21.5 Å². The van der Waals surface area contributed by atoms with Crippen molar-refractivity contribution < 1.29 is 24.1 Å². The van der Waals surface area contributed by atoms with Gasteiger partial charge in [0, 0.05) is 19.2 Å². The molecule has 20 heavy (non-hydrogen) atoms. The highest BCUT2D eigenvalue weighted by Crippen LogP contribution is 2.35. The molecule has 2 N–H and O–H groups in total. The number of benzene rings is 1. The molecular formula is C13H18BrNO5. The quantitative estimate of drug-likeness (QED) is 0.775. The predicted molar refractivity (Wildman–Crippen MR) is 77.5 cm³/mol. The van der Waals surface area contributed by atoms with Gasteiger partial charge in [0.15, 0.2) is 0 Å². The molecule has 1 rings (SSSR count). The van der Waals surface area contributed by atoms with E-state index in [1.54, 1.807) is 12.1 Å². The molecule has 0 aromatic heterocycles. The largest absolute Gasteiger partial charge is 0.495 e. The number of carbonyl (C=O) groups excluding carboxylic acids is 1. The number of ether oxygens (including phenoxy) is 3. The molecule has 0 aliphatic carbocycles. The number of aliphatic hydroxyl groups excluding tert-OH is 1. The van der Waals surface area contributed by atoms with Crippen molar-refractivity contribution in [3.8, 4) is 11.5 Å². The smallest absolute Gasteiger partial charge is 0.251 e. The van der Waals surface area contributed by atoms with Crippen LogP contribution in [0.25, 0.3) is 0 Å². The van der Waals surface area contributed by atoms with E-state index in [1.165, 1.54) is 21.3 Å². The van der Waals surface area contributed by atoms with Crippen molar-refractivity contribution in [1.29, 1.82) is 0 Å². The molecule has 0 fully saturated rings. The Labute approximate surface area is 126 Å². The standard InChI is InChI=1S/C13H18BrNO5/c1-18-7-9(16)6-15-13(17)8-4-10(19-2)12(14)11(5-8)20-3/h4-5,9,16H,6-7H2,1-3H3,(H,15,17). The Morgan fingerprint density at radius 1 is 1.30 bits per heavy atom. The summed E-state index contributed by atoms with van der Waals surface area (Å²) in [4.78, 5) is 12.0. The Kier molecular flexibility index (Phi) is 6.77. The number of amides is 1. The van der Waals surface area contributed by atoms with E-state index in [4.69, 9.17) is 14.2 Å². The molecule has 1 unspecified atom stereocenters. The number of methoxy groups -OCH3 is 3.